The predicted molar refractivity (Wildman–Crippen MR) is 244 cm³/mol. The van der Waals surface area contributed by atoms with E-state index in [2.05, 4.69) is 0 Å². The van der Waals surface area contributed by atoms with Crippen molar-refractivity contribution in [2.45, 2.75) is 67.1 Å². The van der Waals surface area contributed by atoms with Crippen LogP contribution in [0.25, 0.3) is 21.5 Å². The highest BCUT2D eigenvalue weighted by molar-refractivity contribution is 7.87. The zero-order valence-electron chi connectivity index (χ0n) is 35.6. The van der Waals surface area contributed by atoms with Crippen LogP contribution in [0, 0.1) is 0 Å². The Balaban J connectivity index is 1.51. The number of allylic oxidation sites excluding steroid dienone is 6. The van der Waals surface area contributed by atoms with Gasteiger partial charge in [0.1, 0.15) is 17.2 Å². The molecule has 2 heterocycles. The van der Waals surface area contributed by atoms with Crippen LogP contribution in [0.2, 0.25) is 0 Å². The fraction of sp³-hybridized carbons (Fsp3) is 0.333. The van der Waals surface area contributed by atoms with E-state index in [4.69, 9.17) is 4.74 Å². The number of carbonyl (C=O) groups excluding carboxylic acids is 1. The lowest BCUT2D eigenvalue weighted by molar-refractivity contribution is -0.437. The van der Waals surface area contributed by atoms with E-state index < -0.39 is 88.5 Å². The van der Waals surface area contributed by atoms with Gasteiger partial charge in [0, 0.05) is 58.6 Å². The van der Waals surface area contributed by atoms with Crippen LogP contribution in [0.15, 0.2) is 100 Å². The van der Waals surface area contributed by atoms with Crippen LogP contribution in [-0.4, -0.2) is 112 Å². The molecule has 4 N–H and O–H groups in total. The highest BCUT2D eigenvalue weighted by Crippen LogP contribution is 2.54. The van der Waals surface area contributed by atoms with Gasteiger partial charge in [0.15, 0.2) is 5.71 Å². The van der Waals surface area contributed by atoms with Gasteiger partial charge in [-0.05, 0) is 104 Å². The van der Waals surface area contributed by atoms with Crippen molar-refractivity contribution >= 4 is 95.7 Å². The molecule has 4 aromatic rings. The first-order chi connectivity index (χ1) is 30.5. The zero-order chi connectivity index (χ0) is 48.8. The van der Waals surface area contributed by atoms with Gasteiger partial charge in [0.2, 0.25) is 5.69 Å². The Kier molecular flexibility index (Phi) is 14.0. The summed E-state index contributed by atoms with van der Waals surface area (Å²) >= 11 is 0. The number of carbonyl (C=O) groups is 1. The summed E-state index contributed by atoms with van der Waals surface area (Å²) in [6.45, 7) is 5.90. The molecule has 4 aromatic carbocycles. The minimum absolute atomic E-state index is 0.00105. The zero-order valence-corrected chi connectivity index (χ0v) is 39.6. The Labute approximate surface area is 382 Å². The first-order valence-electron chi connectivity index (χ1n) is 20.0. The molecule has 0 aliphatic carbocycles. The van der Waals surface area contributed by atoms with Gasteiger partial charge >= 0.3 is 0 Å². The molecule has 0 aromatic heterocycles. The van der Waals surface area contributed by atoms with Gasteiger partial charge in [-0.1, -0.05) is 30.4 Å². The molecule has 0 bridgehead atoms. The molecule has 24 heteroatoms. The predicted octanol–water partition coefficient (Wildman–Crippen LogP) is 5.05. The summed E-state index contributed by atoms with van der Waals surface area (Å²) in [5, 5.41) is 1.33. The number of nitrogens with zero attached hydrogens (tertiary/aromatic N) is 2. The maximum atomic E-state index is 12.7. The highest BCUT2D eigenvalue weighted by Gasteiger charge is 2.47. The van der Waals surface area contributed by atoms with E-state index in [1.165, 1.54) is 12.1 Å². The molecular formula is C42H46N2O17S5. The molecule has 66 heavy (non-hydrogen) atoms. The van der Waals surface area contributed by atoms with Gasteiger partial charge in [0.05, 0.1) is 31.9 Å². The third-order valence-electron chi connectivity index (χ3n) is 11.7. The van der Waals surface area contributed by atoms with Crippen LogP contribution in [0.1, 0.15) is 57.6 Å². The van der Waals surface area contributed by atoms with Crippen LogP contribution < -0.4 is 9.64 Å². The van der Waals surface area contributed by atoms with E-state index in [9.17, 15) is 69.6 Å². The smallest absolute Gasteiger partial charge is 0.298 e. The van der Waals surface area contributed by atoms with Crippen molar-refractivity contribution in [1.82, 2.24) is 0 Å². The standard InChI is InChI=1S/C42H46N2O17S5/c1-41(2)37(43(19-8-22-63(49,50)51)34-16-12-28-24-29(61-27-45)13-14-31(28)39(34)41)10-5-4-6-11-38-42(3,18-7-21-62(46,47)48)40-33-25-30(65(55,56)57)26-36(66(58,59)60)32(33)15-17-35(40)44(38)20-9-23-64(52,53)54/h4-6,10-17,24-27H,7-9,18-23H2,1-3H3,(H4-,46,47,48,49,50,51,52,53,54,55,56,57,58,59,60). The van der Waals surface area contributed by atoms with Gasteiger partial charge in [-0.3, -0.25) is 23.0 Å². The van der Waals surface area contributed by atoms with Crippen molar-refractivity contribution < 1.29 is 79.0 Å². The average molecular weight is 1010 g/mol. The van der Waals surface area contributed by atoms with Crippen molar-refractivity contribution in [1.29, 1.82) is 0 Å². The number of hydrogen-bond donors (Lipinski definition) is 4. The Morgan fingerprint density at radius 1 is 0.712 bits per heavy atom. The second-order valence-electron chi connectivity index (χ2n) is 16.6. The van der Waals surface area contributed by atoms with E-state index >= 15 is 0 Å². The summed E-state index contributed by atoms with van der Waals surface area (Å²) < 4.78 is 179. The van der Waals surface area contributed by atoms with Crippen molar-refractivity contribution in [3.05, 3.63) is 102 Å². The van der Waals surface area contributed by atoms with Crippen LogP contribution >= 0.6 is 0 Å². The van der Waals surface area contributed by atoms with Crippen molar-refractivity contribution in [2.75, 3.05) is 35.2 Å². The van der Waals surface area contributed by atoms with Crippen LogP contribution in [0.3, 0.4) is 0 Å². The fourth-order valence-corrected chi connectivity index (χ4v) is 11.9. The lowest BCUT2D eigenvalue weighted by Gasteiger charge is -2.31. The molecule has 0 saturated heterocycles. The molecule has 356 valence electrons. The third-order valence-corrected chi connectivity index (χ3v) is 15.8. The normalized spacial score (nSPS) is 18.6. The van der Waals surface area contributed by atoms with Crippen molar-refractivity contribution in [2.24, 2.45) is 0 Å². The molecule has 19 nitrogen and oxygen atoms in total. The maximum Gasteiger partial charge on any atom is 0.298 e. The topological polar surface area (TPSA) is 307 Å². The van der Waals surface area contributed by atoms with Gasteiger partial charge in [0.25, 0.3) is 46.9 Å². The van der Waals surface area contributed by atoms with E-state index in [-0.39, 0.29) is 60.8 Å². The lowest BCUT2D eigenvalue weighted by atomic mass is 9.75. The van der Waals surface area contributed by atoms with Crippen molar-refractivity contribution in [3.8, 4) is 5.75 Å². The van der Waals surface area contributed by atoms with Gasteiger partial charge in [-0.25, -0.2) is 8.42 Å². The summed E-state index contributed by atoms with van der Waals surface area (Å²) in [6, 6.07) is 13.1. The second-order valence-corrected chi connectivity index (χ2v) is 24.0. The number of hydrogen-bond acceptors (Lipinski definition) is 14. The van der Waals surface area contributed by atoms with Gasteiger partial charge in [-0.2, -0.15) is 38.2 Å². The Hall–Kier alpha value is -4.89. The molecule has 0 radical (unpaired) electrons. The second kappa shape index (κ2) is 18.3. The summed E-state index contributed by atoms with van der Waals surface area (Å²) in [7, 11) is -23.8. The lowest BCUT2D eigenvalue weighted by Crippen LogP contribution is -2.30. The Bertz CT molecular complexity index is 3360. The molecule has 0 saturated carbocycles. The first-order valence-corrected chi connectivity index (χ1v) is 27.7. The highest BCUT2D eigenvalue weighted by atomic mass is 32.2. The summed E-state index contributed by atoms with van der Waals surface area (Å²) in [5.41, 5.74) is 1.07. The number of ether oxygens (including phenoxy) is 1. The molecule has 1 atom stereocenters. The van der Waals surface area contributed by atoms with Crippen LogP contribution in [0.5, 0.6) is 5.75 Å². The molecule has 6 rings (SSSR count). The molecule has 2 aliphatic rings. The summed E-state index contributed by atoms with van der Waals surface area (Å²) in [6.07, 6.45) is 7.83. The molecule has 1 unspecified atom stereocenters. The van der Waals surface area contributed by atoms with Crippen LogP contribution in [0.4, 0.5) is 11.4 Å². The van der Waals surface area contributed by atoms with E-state index in [1.807, 2.05) is 30.6 Å². The van der Waals surface area contributed by atoms with Gasteiger partial charge in [-0.15, -0.1) is 0 Å². The van der Waals surface area contributed by atoms with Crippen LogP contribution in [-0.2, 0) is 66.2 Å². The largest absolute Gasteiger partial charge is 0.748 e. The number of rotatable bonds is 19. The minimum atomic E-state index is -5.14. The Morgan fingerprint density at radius 2 is 1.38 bits per heavy atom. The molecule has 0 fully saturated rings. The van der Waals surface area contributed by atoms with Crippen molar-refractivity contribution in [3.63, 3.8) is 0 Å². The number of fused-ring (bicyclic) bond motifs is 6. The molecule has 0 spiro atoms. The van der Waals surface area contributed by atoms with Gasteiger partial charge < -0.3 is 14.2 Å². The van der Waals surface area contributed by atoms with E-state index in [0.717, 1.165) is 28.1 Å². The molecule has 2 aliphatic heterocycles. The first kappa shape index (κ1) is 50.5. The quantitative estimate of drug-likeness (QED) is 0.0413. The summed E-state index contributed by atoms with van der Waals surface area (Å²) in [4.78, 5) is 10.9. The van der Waals surface area contributed by atoms with E-state index in [1.54, 1.807) is 60.4 Å². The average Bonchev–Trinajstić information content (AvgIpc) is 3.54. The SMILES string of the molecule is CC1(C)C(/C=C/C=C/C=C2/N(CCCS(=O)(=O)O)c3ccc4c(S(=O)(=O)O)cc(S(=O)(=O)O)cc4c3C2(C)CCCS(=O)(=O)O)=[N+](CCCS(=O)(=O)[O-])c2ccc3cc(OC=O)ccc3c21. The number of benzene rings is 4. The third kappa shape index (κ3) is 10.9. The molecular weight excluding hydrogens is 965 g/mol. The Morgan fingerprint density at radius 3 is 2.00 bits per heavy atom. The minimum Gasteiger partial charge on any atom is -0.748 e. The maximum absolute atomic E-state index is 12.7. The fourth-order valence-electron chi connectivity index (χ4n) is 9.07. The monoisotopic (exact) mass is 1010 g/mol. The molecule has 0 amide bonds. The summed E-state index contributed by atoms with van der Waals surface area (Å²) in [5.74, 6) is -1.70. The van der Waals surface area contributed by atoms with E-state index in [0.29, 0.717) is 29.7 Å². The number of anilines is 1.